The van der Waals surface area contributed by atoms with Crippen LogP contribution in [0.1, 0.15) is 9.67 Å². The molecule has 3 N–H and O–H groups in total. The summed E-state index contributed by atoms with van der Waals surface area (Å²) in [4.78, 5) is 16.5. The quantitative estimate of drug-likeness (QED) is 0.760. The van der Waals surface area contributed by atoms with Crippen LogP contribution in [0.4, 0.5) is 15.8 Å². The van der Waals surface area contributed by atoms with Crippen LogP contribution in [-0.2, 0) is 0 Å². The number of nitrogens with two attached hydrogens (primary N) is 1. The third-order valence-electron chi connectivity index (χ3n) is 2.81. The third-order valence-corrected chi connectivity index (χ3v) is 3.90. The van der Waals surface area contributed by atoms with Crippen molar-refractivity contribution < 1.29 is 9.18 Å². The lowest BCUT2D eigenvalue weighted by atomic mass is 10.2. The summed E-state index contributed by atoms with van der Waals surface area (Å²) in [5.41, 5.74) is 6.62. The van der Waals surface area contributed by atoms with Crippen LogP contribution in [-0.4, -0.2) is 10.9 Å². The average molecular weight is 287 g/mol. The summed E-state index contributed by atoms with van der Waals surface area (Å²) in [6, 6.07) is 7.79. The number of carbonyl (C=O) groups excluding carboxylic acids is 1. The molecule has 3 aromatic rings. The van der Waals surface area contributed by atoms with Gasteiger partial charge in [0.1, 0.15) is 5.82 Å². The predicted molar refractivity (Wildman–Crippen MR) is 78.4 cm³/mol. The molecular weight excluding hydrogens is 277 g/mol. The van der Waals surface area contributed by atoms with E-state index in [4.69, 9.17) is 5.73 Å². The van der Waals surface area contributed by atoms with Gasteiger partial charge in [-0.05, 0) is 29.7 Å². The number of rotatable bonds is 2. The second-order valence-corrected chi connectivity index (χ2v) is 5.29. The Morgan fingerprint density at radius 1 is 1.30 bits per heavy atom. The molecule has 0 spiro atoms. The topological polar surface area (TPSA) is 68.0 Å². The number of fused-ring (bicyclic) bond motifs is 1. The molecule has 0 unspecified atom stereocenters. The Labute approximate surface area is 118 Å². The van der Waals surface area contributed by atoms with Crippen LogP contribution < -0.4 is 11.1 Å². The first kappa shape index (κ1) is 12.6. The summed E-state index contributed by atoms with van der Waals surface area (Å²) in [6.07, 6.45) is 3.02. The lowest BCUT2D eigenvalue weighted by Crippen LogP contribution is -2.11. The molecule has 1 amide bonds. The van der Waals surface area contributed by atoms with Crippen molar-refractivity contribution in [2.75, 3.05) is 11.1 Å². The fourth-order valence-electron chi connectivity index (χ4n) is 1.82. The highest BCUT2D eigenvalue weighted by molar-refractivity contribution is 7.20. The lowest BCUT2D eigenvalue weighted by molar-refractivity contribution is 0.103. The van der Waals surface area contributed by atoms with Gasteiger partial charge in [-0.3, -0.25) is 9.78 Å². The van der Waals surface area contributed by atoms with Gasteiger partial charge in [0.05, 0.1) is 22.4 Å². The van der Waals surface area contributed by atoms with E-state index in [1.165, 1.54) is 29.7 Å². The molecule has 2 heterocycles. The number of halogens is 1. The Bertz CT molecular complexity index is 800. The molecule has 100 valence electrons. The average Bonchev–Trinajstić information content (AvgIpc) is 2.84. The second-order valence-electron chi connectivity index (χ2n) is 4.21. The van der Waals surface area contributed by atoms with Crippen LogP contribution in [0.5, 0.6) is 0 Å². The zero-order valence-corrected chi connectivity index (χ0v) is 11.1. The molecule has 0 aliphatic heterocycles. The van der Waals surface area contributed by atoms with E-state index in [9.17, 15) is 9.18 Å². The van der Waals surface area contributed by atoms with Crippen LogP contribution in [0, 0.1) is 5.82 Å². The maximum Gasteiger partial charge on any atom is 0.265 e. The summed E-state index contributed by atoms with van der Waals surface area (Å²) >= 11 is 1.24. The van der Waals surface area contributed by atoms with Gasteiger partial charge in [-0.1, -0.05) is 6.07 Å². The predicted octanol–water partition coefficient (Wildman–Crippen LogP) is 3.27. The van der Waals surface area contributed by atoms with Crippen molar-refractivity contribution in [3.63, 3.8) is 0 Å². The molecule has 3 rings (SSSR count). The summed E-state index contributed by atoms with van der Waals surface area (Å²) in [5.74, 6) is -0.589. The Morgan fingerprint density at radius 2 is 2.15 bits per heavy atom. The maximum absolute atomic E-state index is 13.1. The molecule has 0 aliphatic rings. The highest BCUT2D eigenvalue weighted by Crippen LogP contribution is 2.27. The number of thiophene rings is 1. The Kier molecular flexibility index (Phi) is 3.08. The van der Waals surface area contributed by atoms with Gasteiger partial charge in [-0.2, -0.15) is 0 Å². The van der Waals surface area contributed by atoms with E-state index in [0.717, 1.165) is 10.1 Å². The first-order valence-electron chi connectivity index (χ1n) is 5.83. The van der Waals surface area contributed by atoms with Gasteiger partial charge in [0, 0.05) is 10.9 Å². The summed E-state index contributed by atoms with van der Waals surface area (Å²) in [7, 11) is 0. The Morgan fingerprint density at radius 3 is 2.95 bits per heavy atom. The molecule has 20 heavy (non-hydrogen) atoms. The molecular formula is C14H10FN3OS. The van der Waals surface area contributed by atoms with E-state index in [0.29, 0.717) is 16.3 Å². The monoisotopic (exact) mass is 287 g/mol. The van der Waals surface area contributed by atoms with Gasteiger partial charge in [0.2, 0.25) is 0 Å². The van der Waals surface area contributed by atoms with Gasteiger partial charge in [-0.15, -0.1) is 11.3 Å². The molecule has 2 aromatic heterocycles. The molecule has 6 heteroatoms. The fraction of sp³-hybridized carbons (Fsp3) is 0. The molecule has 0 aliphatic carbocycles. The minimum Gasteiger partial charge on any atom is -0.396 e. The number of nitrogens with one attached hydrogen (secondary N) is 1. The number of amides is 1. The van der Waals surface area contributed by atoms with Crippen molar-refractivity contribution in [1.82, 2.24) is 4.98 Å². The van der Waals surface area contributed by atoms with Crippen LogP contribution in [0.15, 0.2) is 42.7 Å². The SMILES string of the molecule is Nc1cnccc1NC(=O)c1cc2ccc(F)cc2s1. The van der Waals surface area contributed by atoms with Crippen LogP contribution in [0.2, 0.25) is 0 Å². The molecule has 0 fully saturated rings. The number of carbonyl (C=O) groups is 1. The molecule has 0 saturated heterocycles. The molecule has 4 nitrogen and oxygen atoms in total. The van der Waals surface area contributed by atoms with E-state index < -0.39 is 0 Å². The summed E-state index contributed by atoms with van der Waals surface area (Å²) in [6.45, 7) is 0. The van der Waals surface area contributed by atoms with E-state index >= 15 is 0 Å². The largest absolute Gasteiger partial charge is 0.396 e. The minimum atomic E-state index is -0.315. The van der Waals surface area contributed by atoms with Gasteiger partial charge in [-0.25, -0.2) is 4.39 Å². The van der Waals surface area contributed by atoms with Gasteiger partial charge in [0.15, 0.2) is 0 Å². The zero-order chi connectivity index (χ0) is 14.1. The van der Waals surface area contributed by atoms with Gasteiger partial charge < -0.3 is 11.1 Å². The number of nitrogens with zero attached hydrogens (tertiary/aromatic N) is 1. The number of benzene rings is 1. The molecule has 0 radical (unpaired) electrons. The van der Waals surface area contributed by atoms with E-state index in [1.54, 1.807) is 24.4 Å². The summed E-state index contributed by atoms with van der Waals surface area (Å²) in [5, 5.41) is 3.55. The number of anilines is 2. The first-order valence-corrected chi connectivity index (χ1v) is 6.65. The number of hydrogen-bond donors (Lipinski definition) is 2. The number of pyridine rings is 1. The molecule has 1 aromatic carbocycles. The van der Waals surface area contributed by atoms with E-state index in [-0.39, 0.29) is 11.7 Å². The second kappa shape index (κ2) is 4.90. The van der Waals surface area contributed by atoms with Crippen LogP contribution in [0.25, 0.3) is 10.1 Å². The van der Waals surface area contributed by atoms with Crippen molar-refractivity contribution in [3.05, 3.63) is 53.4 Å². The Hall–Kier alpha value is -2.47. The number of nitrogen functional groups attached to an aromatic ring is 1. The normalized spacial score (nSPS) is 10.7. The van der Waals surface area contributed by atoms with Crippen molar-refractivity contribution >= 4 is 38.7 Å². The minimum absolute atomic E-state index is 0.274. The van der Waals surface area contributed by atoms with Crippen molar-refractivity contribution in [3.8, 4) is 0 Å². The summed E-state index contributed by atoms with van der Waals surface area (Å²) < 4.78 is 13.9. The Balaban J connectivity index is 1.91. The van der Waals surface area contributed by atoms with Gasteiger partial charge >= 0.3 is 0 Å². The lowest BCUT2D eigenvalue weighted by Gasteiger charge is -2.05. The highest BCUT2D eigenvalue weighted by Gasteiger charge is 2.12. The maximum atomic E-state index is 13.1. The third kappa shape index (κ3) is 2.33. The first-order chi connectivity index (χ1) is 9.63. The molecule has 0 atom stereocenters. The van der Waals surface area contributed by atoms with Crippen LogP contribution in [0.3, 0.4) is 0 Å². The van der Waals surface area contributed by atoms with E-state index in [1.807, 2.05) is 0 Å². The molecule has 0 saturated carbocycles. The number of hydrogen-bond acceptors (Lipinski definition) is 4. The standard InChI is InChI=1S/C14H10FN3OS/c15-9-2-1-8-5-13(20-12(8)6-9)14(19)18-11-3-4-17-7-10(11)16/h1-7H,16H2,(H,17,18,19). The van der Waals surface area contributed by atoms with Crippen molar-refractivity contribution in [2.24, 2.45) is 0 Å². The number of aromatic nitrogens is 1. The van der Waals surface area contributed by atoms with Gasteiger partial charge in [0.25, 0.3) is 5.91 Å². The van der Waals surface area contributed by atoms with E-state index in [2.05, 4.69) is 10.3 Å². The highest BCUT2D eigenvalue weighted by atomic mass is 32.1. The smallest absolute Gasteiger partial charge is 0.265 e. The fourth-order valence-corrected chi connectivity index (χ4v) is 2.80. The molecule has 0 bridgehead atoms. The van der Waals surface area contributed by atoms with Crippen LogP contribution >= 0.6 is 11.3 Å². The zero-order valence-electron chi connectivity index (χ0n) is 10.3. The van der Waals surface area contributed by atoms with Crippen molar-refractivity contribution in [2.45, 2.75) is 0 Å². The van der Waals surface area contributed by atoms with Crippen molar-refractivity contribution in [1.29, 1.82) is 0 Å².